The lowest BCUT2D eigenvalue weighted by Crippen LogP contribution is -2.50. The topological polar surface area (TPSA) is 125 Å². The number of hydrogen-bond acceptors (Lipinski definition) is 6. The first kappa shape index (κ1) is 26.9. The SMILES string of the molecule is CC(C)(C)OC(=O)CN(CCCCNC(=O)OCc1ccccc1)C(=O)N1CCC[C@H]1C(=O)O. The number of benzene rings is 1. The largest absolute Gasteiger partial charge is 0.480 e. The molecule has 1 aromatic rings. The highest BCUT2D eigenvalue weighted by atomic mass is 16.6. The molecule has 0 unspecified atom stereocenters. The highest BCUT2D eigenvalue weighted by Crippen LogP contribution is 2.20. The first-order valence-electron chi connectivity index (χ1n) is 11.5. The lowest BCUT2D eigenvalue weighted by molar-refractivity contribution is -0.155. The molecule has 2 rings (SSSR count). The van der Waals surface area contributed by atoms with Crippen LogP contribution in [0.15, 0.2) is 30.3 Å². The molecule has 1 atom stereocenters. The highest BCUT2D eigenvalue weighted by molar-refractivity contribution is 5.85. The third kappa shape index (κ3) is 9.29. The van der Waals surface area contributed by atoms with E-state index in [0.717, 1.165) is 5.56 Å². The van der Waals surface area contributed by atoms with E-state index in [0.29, 0.717) is 38.8 Å². The van der Waals surface area contributed by atoms with E-state index in [-0.39, 0.29) is 19.7 Å². The van der Waals surface area contributed by atoms with Crippen molar-refractivity contribution in [3.63, 3.8) is 0 Å². The number of likely N-dealkylation sites (tertiary alicyclic amines) is 1. The van der Waals surface area contributed by atoms with E-state index in [1.54, 1.807) is 20.8 Å². The normalized spacial score (nSPS) is 15.5. The summed E-state index contributed by atoms with van der Waals surface area (Å²) in [4.78, 5) is 51.4. The Morgan fingerprint density at radius 2 is 1.85 bits per heavy atom. The molecule has 1 aliphatic heterocycles. The van der Waals surface area contributed by atoms with Crippen molar-refractivity contribution in [2.75, 3.05) is 26.2 Å². The summed E-state index contributed by atoms with van der Waals surface area (Å²) in [5.74, 6) is -1.61. The molecular formula is C24H35N3O7. The van der Waals surface area contributed by atoms with Crippen LogP contribution < -0.4 is 5.32 Å². The summed E-state index contributed by atoms with van der Waals surface area (Å²) in [5.41, 5.74) is 0.183. The average molecular weight is 478 g/mol. The molecule has 1 saturated heterocycles. The summed E-state index contributed by atoms with van der Waals surface area (Å²) in [7, 11) is 0. The number of carbonyl (C=O) groups is 4. The number of carbonyl (C=O) groups excluding carboxylic acids is 3. The van der Waals surface area contributed by atoms with Gasteiger partial charge in [-0.05, 0) is 52.0 Å². The quantitative estimate of drug-likeness (QED) is 0.392. The van der Waals surface area contributed by atoms with Gasteiger partial charge in [0.2, 0.25) is 0 Å². The summed E-state index contributed by atoms with van der Waals surface area (Å²) in [6.45, 7) is 6.00. The number of unbranched alkanes of at least 4 members (excludes halogenated alkanes) is 1. The second-order valence-corrected chi connectivity index (χ2v) is 9.18. The van der Waals surface area contributed by atoms with Gasteiger partial charge in [-0.3, -0.25) is 4.79 Å². The number of alkyl carbamates (subject to hydrolysis) is 1. The maximum absolute atomic E-state index is 13.0. The van der Waals surface area contributed by atoms with Crippen LogP contribution in [-0.4, -0.2) is 76.8 Å². The Balaban J connectivity index is 1.83. The van der Waals surface area contributed by atoms with Crippen molar-refractivity contribution in [2.45, 2.75) is 64.7 Å². The number of rotatable bonds is 10. The molecule has 1 aliphatic rings. The van der Waals surface area contributed by atoms with Gasteiger partial charge in [0.25, 0.3) is 0 Å². The van der Waals surface area contributed by atoms with Gasteiger partial charge >= 0.3 is 24.1 Å². The summed E-state index contributed by atoms with van der Waals surface area (Å²) in [6, 6.07) is 7.94. The minimum absolute atomic E-state index is 0.172. The molecule has 34 heavy (non-hydrogen) atoms. The van der Waals surface area contributed by atoms with Gasteiger partial charge in [-0.25, -0.2) is 14.4 Å². The predicted molar refractivity (Wildman–Crippen MR) is 124 cm³/mol. The fourth-order valence-electron chi connectivity index (χ4n) is 3.60. The van der Waals surface area contributed by atoms with Crippen LogP contribution in [0.4, 0.5) is 9.59 Å². The number of nitrogens with zero attached hydrogens (tertiary/aromatic N) is 2. The number of carboxylic acids is 1. The molecule has 0 radical (unpaired) electrons. The van der Waals surface area contributed by atoms with Crippen LogP contribution in [0.3, 0.4) is 0 Å². The maximum atomic E-state index is 13.0. The van der Waals surface area contributed by atoms with Gasteiger partial charge in [-0.15, -0.1) is 0 Å². The van der Waals surface area contributed by atoms with Gasteiger partial charge in [-0.1, -0.05) is 30.3 Å². The minimum atomic E-state index is -1.05. The minimum Gasteiger partial charge on any atom is -0.480 e. The molecule has 10 heteroatoms. The Hall–Kier alpha value is -3.30. The van der Waals surface area contributed by atoms with Gasteiger partial charge in [0.05, 0.1) is 0 Å². The van der Waals surface area contributed by atoms with Gasteiger partial charge in [0, 0.05) is 19.6 Å². The third-order valence-electron chi connectivity index (χ3n) is 5.13. The molecule has 2 N–H and O–H groups in total. The maximum Gasteiger partial charge on any atom is 0.407 e. The number of esters is 1. The van der Waals surface area contributed by atoms with Gasteiger partial charge < -0.3 is 29.7 Å². The standard InChI is InChI=1S/C24H35N3O7/c1-24(2,3)34-20(28)16-26(23(32)27-15-9-12-19(27)21(29)30)14-8-7-13-25-22(31)33-17-18-10-5-4-6-11-18/h4-6,10-11,19H,7-9,12-17H2,1-3H3,(H,25,31)(H,29,30)/t19-/m0/s1. The molecule has 3 amide bonds. The van der Waals surface area contributed by atoms with Crippen LogP contribution in [0, 0.1) is 0 Å². The lowest BCUT2D eigenvalue weighted by Gasteiger charge is -2.30. The summed E-state index contributed by atoms with van der Waals surface area (Å²) >= 11 is 0. The van der Waals surface area contributed by atoms with Crippen molar-refractivity contribution in [1.82, 2.24) is 15.1 Å². The van der Waals surface area contributed by atoms with Crippen molar-refractivity contribution < 1.29 is 33.8 Å². The van der Waals surface area contributed by atoms with Crippen molar-refractivity contribution >= 4 is 24.1 Å². The van der Waals surface area contributed by atoms with Crippen LogP contribution in [0.25, 0.3) is 0 Å². The van der Waals surface area contributed by atoms with Crippen molar-refractivity contribution in [1.29, 1.82) is 0 Å². The number of ether oxygens (including phenoxy) is 2. The van der Waals surface area contributed by atoms with Gasteiger partial charge in [-0.2, -0.15) is 0 Å². The molecule has 188 valence electrons. The molecule has 0 spiro atoms. The number of nitrogens with one attached hydrogen (secondary N) is 1. The Kier molecular flexibility index (Phi) is 10.2. The second kappa shape index (κ2) is 12.8. The average Bonchev–Trinajstić information content (AvgIpc) is 3.26. The molecule has 1 heterocycles. The van der Waals surface area contributed by atoms with Crippen molar-refractivity contribution in [3.8, 4) is 0 Å². The fraction of sp³-hybridized carbons (Fsp3) is 0.583. The summed E-state index contributed by atoms with van der Waals surface area (Å²) in [5, 5.41) is 12.1. The van der Waals surface area contributed by atoms with E-state index in [4.69, 9.17) is 9.47 Å². The summed E-state index contributed by atoms with van der Waals surface area (Å²) < 4.78 is 10.5. The number of hydrogen-bond donors (Lipinski definition) is 2. The number of carboxylic acid groups (broad SMARTS) is 1. The van der Waals surface area contributed by atoms with E-state index in [9.17, 15) is 24.3 Å². The lowest BCUT2D eigenvalue weighted by atomic mass is 10.2. The van der Waals surface area contributed by atoms with Gasteiger partial charge in [0.1, 0.15) is 24.8 Å². The molecular weight excluding hydrogens is 442 g/mol. The van der Waals surface area contributed by atoms with Crippen LogP contribution >= 0.6 is 0 Å². The Morgan fingerprint density at radius 1 is 1.15 bits per heavy atom. The van der Waals surface area contributed by atoms with Crippen LogP contribution in [0.5, 0.6) is 0 Å². The molecule has 1 aromatic carbocycles. The molecule has 10 nitrogen and oxygen atoms in total. The van der Waals surface area contributed by atoms with E-state index in [1.165, 1.54) is 9.80 Å². The molecule has 0 bridgehead atoms. The molecule has 1 fully saturated rings. The van der Waals surface area contributed by atoms with Crippen LogP contribution in [0.1, 0.15) is 52.0 Å². The first-order chi connectivity index (χ1) is 16.1. The predicted octanol–water partition coefficient (Wildman–Crippen LogP) is 3.01. The van der Waals surface area contributed by atoms with E-state index < -0.39 is 35.7 Å². The zero-order valence-electron chi connectivity index (χ0n) is 20.1. The van der Waals surface area contributed by atoms with Crippen molar-refractivity contribution in [3.05, 3.63) is 35.9 Å². The number of urea groups is 1. The molecule has 0 aromatic heterocycles. The zero-order valence-corrected chi connectivity index (χ0v) is 20.1. The Labute approximate surface area is 200 Å². The van der Waals surface area contributed by atoms with E-state index in [2.05, 4.69) is 5.32 Å². The second-order valence-electron chi connectivity index (χ2n) is 9.18. The Bertz CT molecular complexity index is 839. The number of amides is 3. The monoisotopic (exact) mass is 477 g/mol. The van der Waals surface area contributed by atoms with Crippen LogP contribution in [0.2, 0.25) is 0 Å². The first-order valence-corrected chi connectivity index (χ1v) is 11.5. The Morgan fingerprint density at radius 3 is 2.50 bits per heavy atom. The van der Waals surface area contributed by atoms with Gasteiger partial charge in [0.15, 0.2) is 0 Å². The van der Waals surface area contributed by atoms with Crippen molar-refractivity contribution in [2.24, 2.45) is 0 Å². The smallest absolute Gasteiger partial charge is 0.407 e. The molecule has 0 aliphatic carbocycles. The van der Waals surface area contributed by atoms with E-state index in [1.807, 2.05) is 30.3 Å². The fourth-order valence-corrected chi connectivity index (χ4v) is 3.60. The number of aliphatic carboxylic acids is 1. The van der Waals surface area contributed by atoms with E-state index >= 15 is 0 Å². The zero-order chi connectivity index (χ0) is 25.1. The third-order valence-corrected chi connectivity index (χ3v) is 5.13. The summed E-state index contributed by atoms with van der Waals surface area (Å²) in [6.07, 6.45) is 1.49. The van der Waals surface area contributed by atoms with Crippen LogP contribution in [-0.2, 0) is 25.7 Å². The highest BCUT2D eigenvalue weighted by Gasteiger charge is 2.37. The molecule has 0 saturated carbocycles.